The number of anilines is 3. The molecule has 0 unspecified atom stereocenters. The zero-order valence-electron chi connectivity index (χ0n) is 23.2. The lowest BCUT2D eigenvalue weighted by molar-refractivity contribution is 0.0786. The van der Waals surface area contributed by atoms with E-state index in [-0.39, 0.29) is 41.0 Å². The van der Waals surface area contributed by atoms with E-state index in [0.29, 0.717) is 24.6 Å². The van der Waals surface area contributed by atoms with Gasteiger partial charge in [0.25, 0.3) is 5.91 Å². The van der Waals surface area contributed by atoms with Gasteiger partial charge in [0.15, 0.2) is 5.82 Å². The maximum absolute atomic E-state index is 15.3. The first-order chi connectivity index (χ1) is 19.9. The Bertz CT molecular complexity index is 1500. The number of fused-ring (bicyclic) bond motifs is 1. The van der Waals surface area contributed by atoms with Crippen LogP contribution < -0.4 is 10.2 Å². The number of piperidine rings is 1. The summed E-state index contributed by atoms with van der Waals surface area (Å²) in [6, 6.07) is 4.08. The van der Waals surface area contributed by atoms with Crippen molar-refractivity contribution in [3.8, 4) is 0 Å². The number of halogens is 2. The Morgan fingerprint density at radius 2 is 1.88 bits per heavy atom. The molecule has 0 atom stereocenters. The number of rotatable bonds is 10. The Labute approximate surface area is 237 Å². The molecular formula is C29H34F2N8O2. The van der Waals surface area contributed by atoms with Crippen LogP contribution in [0.15, 0.2) is 43.1 Å². The molecular weight excluding hydrogens is 530 g/mol. The van der Waals surface area contributed by atoms with Gasteiger partial charge in [-0.3, -0.25) is 4.79 Å². The molecule has 41 heavy (non-hydrogen) atoms. The number of nitrogens with one attached hydrogen (secondary N) is 1. The van der Waals surface area contributed by atoms with Crippen molar-refractivity contribution >= 4 is 34.4 Å². The average molecular weight is 565 g/mol. The summed E-state index contributed by atoms with van der Waals surface area (Å²) in [6.07, 6.45) is 10.5. The standard InChI is InChI=1S/C29H34F2N8O2/c1-3-5-19-15-32-29(33-16-19)38-11-8-21(9-12-38)39-17-23(31)25-26(34-18-35-27(25)39)36-24-7-6-20(14-22(24)30)28(41)37(2)10-4-13-40/h6-7,14-18,21,40H,3-5,8-13H2,1-2H3,(H,34,35,36). The molecule has 0 bridgehead atoms. The monoisotopic (exact) mass is 564 g/mol. The Kier molecular flexibility index (Phi) is 8.67. The third kappa shape index (κ3) is 6.12. The number of aryl methyl sites for hydroxylation is 1. The molecule has 0 spiro atoms. The van der Waals surface area contributed by atoms with E-state index in [4.69, 9.17) is 5.11 Å². The van der Waals surface area contributed by atoms with Gasteiger partial charge in [0.05, 0.1) is 11.1 Å². The van der Waals surface area contributed by atoms with Crippen molar-refractivity contribution in [2.75, 3.05) is 43.5 Å². The number of benzene rings is 1. The van der Waals surface area contributed by atoms with Gasteiger partial charge in [-0.1, -0.05) is 13.3 Å². The number of hydrogen-bond donors (Lipinski definition) is 2. The van der Waals surface area contributed by atoms with Gasteiger partial charge in [-0.05, 0) is 49.4 Å². The smallest absolute Gasteiger partial charge is 0.253 e. The second kappa shape index (κ2) is 12.5. The van der Waals surface area contributed by atoms with Gasteiger partial charge in [-0.25, -0.2) is 28.7 Å². The predicted octanol–water partition coefficient (Wildman–Crippen LogP) is 4.49. The van der Waals surface area contributed by atoms with E-state index in [0.717, 1.165) is 50.4 Å². The van der Waals surface area contributed by atoms with E-state index in [1.54, 1.807) is 7.05 Å². The number of amides is 1. The Balaban J connectivity index is 1.31. The fourth-order valence-corrected chi connectivity index (χ4v) is 5.19. The normalized spacial score (nSPS) is 14.0. The summed E-state index contributed by atoms with van der Waals surface area (Å²) in [6.45, 7) is 3.88. The molecule has 5 rings (SSSR count). The van der Waals surface area contributed by atoms with Crippen molar-refractivity contribution in [3.63, 3.8) is 0 Å². The fraction of sp³-hybridized carbons (Fsp3) is 0.414. The highest BCUT2D eigenvalue weighted by Gasteiger charge is 2.26. The molecule has 0 radical (unpaired) electrons. The lowest BCUT2D eigenvalue weighted by Crippen LogP contribution is -2.35. The average Bonchev–Trinajstić information content (AvgIpc) is 3.34. The summed E-state index contributed by atoms with van der Waals surface area (Å²) in [5.41, 5.74) is 1.78. The van der Waals surface area contributed by atoms with Crippen molar-refractivity contribution < 1.29 is 18.7 Å². The Morgan fingerprint density at radius 3 is 2.56 bits per heavy atom. The molecule has 1 saturated heterocycles. The lowest BCUT2D eigenvalue weighted by Gasteiger charge is -2.32. The van der Waals surface area contributed by atoms with Gasteiger partial charge < -0.3 is 24.8 Å². The maximum atomic E-state index is 15.3. The molecule has 0 saturated carbocycles. The minimum absolute atomic E-state index is 0.0187. The number of aliphatic hydroxyl groups is 1. The highest BCUT2D eigenvalue weighted by molar-refractivity contribution is 5.95. The number of nitrogens with zero attached hydrogens (tertiary/aromatic N) is 7. The van der Waals surface area contributed by atoms with Gasteiger partial charge in [0.1, 0.15) is 23.6 Å². The number of hydrogen-bond acceptors (Lipinski definition) is 8. The van der Waals surface area contributed by atoms with E-state index in [1.807, 2.05) is 17.0 Å². The predicted molar refractivity (Wildman–Crippen MR) is 152 cm³/mol. The van der Waals surface area contributed by atoms with Crippen LogP contribution in [0.5, 0.6) is 0 Å². The molecule has 1 aromatic carbocycles. The first kappa shape index (κ1) is 28.3. The number of aromatic nitrogens is 5. The van der Waals surface area contributed by atoms with Crippen LogP contribution in [-0.2, 0) is 6.42 Å². The van der Waals surface area contributed by atoms with E-state index in [2.05, 4.69) is 37.1 Å². The van der Waals surface area contributed by atoms with Crippen LogP contribution in [0.2, 0.25) is 0 Å². The highest BCUT2D eigenvalue weighted by Crippen LogP contribution is 2.33. The quantitative estimate of drug-likeness (QED) is 0.290. The van der Waals surface area contributed by atoms with Gasteiger partial charge in [0.2, 0.25) is 5.95 Å². The summed E-state index contributed by atoms with van der Waals surface area (Å²) < 4.78 is 32.1. The molecule has 1 fully saturated rings. The summed E-state index contributed by atoms with van der Waals surface area (Å²) in [5.74, 6) is -0.689. The molecule has 2 N–H and O–H groups in total. The van der Waals surface area contributed by atoms with Crippen molar-refractivity contribution in [2.45, 2.75) is 45.1 Å². The molecule has 4 aromatic rings. The van der Waals surface area contributed by atoms with E-state index in [1.165, 1.54) is 29.6 Å². The van der Waals surface area contributed by atoms with Crippen LogP contribution in [0.25, 0.3) is 11.0 Å². The SMILES string of the molecule is CCCc1cnc(N2CCC(n3cc(F)c4c(Nc5ccc(C(=O)N(C)CCCO)cc5F)ncnc43)CC2)nc1. The molecule has 3 aromatic heterocycles. The maximum Gasteiger partial charge on any atom is 0.253 e. The lowest BCUT2D eigenvalue weighted by atomic mass is 10.1. The Morgan fingerprint density at radius 1 is 1.12 bits per heavy atom. The molecule has 4 heterocycles. The first-order valence-corrected chi connectivity index (χ1v) is 13.9. The molecule has 1 aliphatic heterocycles. The van der Waals surface area contributed by atoms with Gasteiger partial charge in [0, 0.05) is 63.5 Å². The van der Waals surface area contributed by atoms with Crippen molar-refractivity contribution in [2.24, 2.45) is 0 Å². The highest BCUT2D eigenvalue weighted by atomic mass is 19.1. The summed E-state index contributed by atoms with van der Waals surface area (Å²) in [7, 11) is 1.59. The van der Waals surface area contributed by atoms with Gasteiger partial charge >= 0.3 is 0 Å². The van der Waals surface area contributed by atoms with Crippen LogP contribution in [0.3, 0.4) is 0 Å². The third-order valence-electron chi connectivity index (χ3n) is 7.40. The van der Waals surface area contributed by atoms with Crippen LogP contribution >= 0.6 is 0 Å². The summed E-state index contributed by atoms with van der Waals surface area (Å²) in [4.78, 5) is 33.7. The van der Waals surface area contributed by atoms with Gasteiger partial charge in [-0.2, -0.15) is 0 Å². The topological polar surface area (TPSA) is 112 Å². The molecule has 1 amide bonds. The molecule has 10 nitrogen and oxygen atoms in total. The van der Waals surface area contributed by atoms with Crippen LogP contribution in [0.1, 0.15) is 54.6 Å². The van der Waals surface area contributed by atoms with E-state index < -0.39 is 11.6 Å². The summed E-state index contributed by atoms with van der Waals surface area (Å²) in [5, 5.41) is 12.0. The van der Waals surface area contributed by atoms with Crippen LogP contribution in [0.4, 0.5) is 26.2 Å². The number of carbonyl (C=O) groups is 1. The van der Waals surface area contributed by atoms with Crippen molar-refractivity contribution in [1.29, 1.82) is 0 Å². The Hall–Kier alpha value is -4.19. The molecule has 12 heteroatoms. The zero-order chi connectivity index (χ0) is 28.9. The van der Waals surface area contributed by atoms with Crippen LogP contribution in [-0.4, -0.2) is 73.7 Å². The molecule has 0 aliphatic carbocycles. The second-order valence-electron chi connectivity index (χ2n) is 10.3. The van der Waals surface area contributed by atoms with Crippen molar-refractivity contribution in [3.05, 3.63) is 65.9 Å². The second-order valence-corrected chi connectivity index (χ2v) is 10.3. The minimum Gasteiger partial charge on any atom is -0.396 e. The third-order valence-corrected chi connectivity index (χ3v) is 7.40. The fourth-order valence-electron chi connectivity index (χ4n) is 5.19. The summed E-state index contributed by atoms with van der Waals surface area (Å²) >= 11 is 0. The van der Waals surface area contributed by atoms with Crippen LogP contribution in [0, 0.1) is 11.6 Å². The van der Waals surface area contributed by atoms with E-state index in [9.17, 15) is 4.79 Å². The van der Waals surface area contributed by atoms with Gasteiger partial charge in [-0.15, -0.1) is 0 Å². The first-order valence-electron chi connectivity index (χ1n) is 13.9. The zero-order valence-corrected chi connectivity index (χ0v) is 23.2. The largest absolute Gasteiger partial charge is 0.396 e. The van der Waals surface area contributed by atoms with Crippen molar-refractivity contribution in [1.82, 2.24) is 29.4 Å². The molecule has 1 aliphatic rings. The minimum atomic E-state index is -0.671. The number of aliphatic hydroxyl groups excluding tert-OH is 1. The van der Waals surface area contributed by atoms with E-state index >= 15 is 8.78 Å². The number of carbonyl (C=O) groups excluding carboxylic acids is 1. The molecule has 216 valence electrons.